The van der Waals surface area contributed by atoms with Gasteiger partial charge in [0.2, 0.25) is 0 Å². The van der Waals surface area contributed by atoms with Crippen LogP contribution < -0.4 is 5.32 Å². The summed E-state index contributed by atoms with van der Waals surface area (Å²) in [6, 6.07) is 10.3. The van der Waals surface area contributed by atoms with Gasteiger partial charge >= 0.3 is 6.18 Å². The van der Waals surface area contributed by atoms with Crippen molar-refractivity contribution in [2.45, 2.75) is 25.1 Å². The van der Waals surface area contributed by atoms with Crippen LogP contribution in [0.25, 0.3) is 0 Å². The number of nitrogens with one attached hydrogen (secondary N) is 1. The third kappa shape index (κ3) is 4.84. The number of nitrogens with zero attached hydrogens (tertiary/aromatic N) is 1. The van der Waals surface area contributed by atoms with E-state index in [4.69, 9.17) is 0 Å². The topological polar surface area (TPSA) is 15.3 Å². The van der Waals surface area contributed by atoms with Crippen LogP contribution in [0.3, 0.4) is 0 Å². The van der Waals surface area contributed by atoms with Crippen LogP contribution in [0.15, 0.2) is 30.3 Å². The van der Waals surface area contributed by atoms with Crippen molar-refractivity contribution in [1.29, 1.82) is 0 Å². The van der Waals surface area contributed by atoms with E-state index in [2.05, 4.69) is 22.3 Å². The first-order chi connectivity index (χ1) is 9.04. The molecule has 1 heterocycles. The van der Waals surface area contributed by atoms with E-state index in [9.17, 15) is 13.2 Å². The van der Waals surface area contributed by atoms with Gasteiger partial charge in [-0.25, -0.2) is 0 Å². The Morgan fingerprint density at radius 3 is 2.63 bits per heavy atom. The summed E-state index contributed by atoms with van der Waals surface area (Å²) >= 11 is 0. The molecule has 1 aromatic rings. The summed E-state index contributed by atoms with van der Waals surface area (Å²) < 4.78 is 36.4. The Hall–Kier alpha value is -1.07. The van der Waals surface area contributed by atoms with Crippen LogP contribution in [0.4, 0.5) is 13.2 Å². The van der Waals surface area contributed by atoms with E-state index in [1.165, 1.54) is 5.56 Å². The highest BCUT2D eigenvalue weighted by atomic mass is 19.4. The van der Waals surface area contributed by atoms with Crippen molar-refractivity contribution in [3.8, 4) is 0 Å². The molecular formula is C14H19F3N2. The Morgan fingerprint density at radius 1 is 1.21 bits per heavy atom. The molecule has 0 bridgehead atoms. The van der Waals surface area contributed by atoms with Crippen LogP contribution in [-0.4, -0.2) is 37.3 Å². The van der Waals surface area contributed by atoms with E-state index >= 15 is 0 Å². The maximum Gasteiger partial charge on any atom is 0.389 e. The summed E-state index contributed by atoms with van der Waals surface area (Å²) in [6.45, 7) is 2.94. The fourth-order valence-corrected chi connectivity index (χ4v) is 2.43. The first-order valence-corrected chi connectivity index (χ1v) is 6.62. The van der Waals surface area contributed by atoms with E-state index < -0.39 is 12.6 Å². The smallest absolute Gasteiger partial charge is 0.308 e. The standard InChI is InChI=1S/C14H19F3N2/c15-14(16,17)7-4-9-19-10-8-18-13(11-19)12-5-2-1-3-6-12/h1-3,5-6,13,18H,4,7-11H2. The number of hydrogen-bond acceptors (Lipinski definition) is 2. The summed E-state index contributed by atoms with van der Waals surface area (Å²) in [7, 11) is 0. The van der Waals surface area contributed by atoms with Gasteiger partial charge in [0, 0.05) is 32.1 Å². The SMILES string of the molecule is FC(F)(F)CCCN1CCNC(c2ccccc2)C1. The maximum atomic E-state index is 12.1. The fourth-order valence-electron chi connectivity index (χ4n) is 2.43. The van der Waals surface area contributed by atoms with Crippen molar-refractivity contribution >= 4 is 0 Å². The molecular weight excluding hydrogens is 253 g/mol. The molecule has 0 saturated carbocycles. The molecule has 0 radical (unpaired) electrons. The molecule has 1 fully saturated rings. The normalized spacial score (nSPS) is 21.5. The monoisotopic (exact) mass is 272 g/mol. The second kappa shape index (κ2) is 6.39. The molecule has 0 amide bonds. The number of piperazine rings is 1. The van der Waals surface area contributed by atoms with Gasteiger partial charge in [-0.1, -0.05) is 30.3 Å². The average Bonchev–Trinajstić information content (AvgIpc) is 2.39. The average molecular weight is 272 g/mol. The molecule has 1 unspecified atom stereocenters. The van der Waals surface area contributed by atoms with Crippen LogP contribution in [-0.2, 0) is 0 Å². The molecule has 0 aliphatic carbocycles. The number of rotatable bonds is 4. The summed E-state index contributed by atoms with van der Waals surface area (Å²) in [5, 5.41) is 3.41. The lowest BCUT2D eigenvalue weighted by molar-refractivity contribution is -0.136. The van der Waals surface area contributed by atoms with Gasteiger partial charge in [-0.2, -0.15) is 13.2 Å². The van der Waals surface area contributed by atoms with Gasteiger partial charge in [0.05, 0.1) is 0 Å². The van der Waals surface area contributed by atoms with Gasteiger partial charge in [-0.05, 0) is 18.5 Å². The fraction of sp³-hybridized carbons (Fsp3) is 0.571. The highest BCUT2D eigenvalue weighted by Gasteiger charge is 2.27. The molecule has 5 heteroatoms. The highest BCUT2D eigenvalue weighted by molar-refractivity contribution is 5.19. The zero-order valence-electron chi connectivity index (χ0n) is 10.8. The number of alkyl halides is 3. The van der Waals surface area contributed by atoms with Gasteiger partial charge in [0.25, 0.3) is 0 Å². The molecule has 19 heavy (non-hydrogen) atoms. The Bertz CT molecular complexity index is 378. The summed E-state index contributed by atoms with van der Waals surface area (Å²) in [5.41, 5.74) is 1.20. The van der Waals surface area contributed by atoms with Crippen molar-refractivity contribution < 1.29 is 13.2 Å². The van der Waals surface area contributed by atoms with Gasteiger partial charge < -0.3 is 10.2 Å². The minimum atomic E-state index is -4.03. The molecule has 2 rings (SSSR count). The lowest BCUT2D eigenvalue weighted by atomic mass is 10.0. The highest BCUT2D eigenvalue weighted by Crippen LogP contribution is 2.22. The lowest BCUT2D eigenvalue weighted by Crippen LogP contribution is -2.46. The number of halogens is 3. The second-order valence-corrected chi connectivity index (χ2v) is 4.94. The van der Waals surface area contributed by atoms with Crippen molar-refractivity contribution in [2.75, 3.05) is 26.2 Å². The van der Waals surface area contributed by atoms with E-state index in [0.29, 0.717) is 6.54 Å². The number of benzene rings is 1. The molecule has 1 saturated heterocycles. The van der Waals surface area contributed by atoms with Crippen LogP contribution in [0.1, 0.15) is 24.4 Å². The molecule has 106 valence electrons. The summed E-state index contributed by atoms with van der Waals surface area (Å²) in [5.74, 6) is 0. The quantitative estimate of drug-likeness (QED) is 0.906. The van der Waals surface area contributed by atoms with Crippen molar-refractivity contribution in [3.63, 3.8) is 0 Å². The first kappa shape index (κ1) is 14.3. The van der Waals surface area contributed by atoms with E-state index in [-0.39, 0.29) is 12.5 Å². The summed E-state index contributed by atoms with van der Waals surface area (Å²) in [4.78, 5) is 2.11. The Balaban J connectivity index is 1.81. The van der Waals surface area contributed by atoms with Crippen molar-refractivity contribution in [3.05, 3.63) is 35.9 Å². The van der Waals surface area contributed by atoms with Gasteiger partial charge in [-0.15, -0.1) is 0 Å². The largest absolute Gasteiger partial charge is 0.389 e. The Labute approximate surface area is 111 Å². The van der Waals surface area contributed by atoms with Crippen molar-refractivity contribution in [2.24, 2.45) is 0 Å². The Morgan fingerprint density at radius 2 is 1.95 bits per heavy atom. The van der Waals surface area contributed by atoms with E-state index in [1.54, 1.807) is 0 Å². The Kier molecular flexibility index (Phi) is 4.82. The third-order valence-corrected chi connectivity index (χ3v) is 3.40. The molecule has 1 aliphatic rings. The minimum absolute atomic E-state index is 0.186. The van der Waals surface area contributed by atoms with Gasteiger partial charge in [0.1, 0.15) is 0 Å². The summed E-state index contributed by atoms with van der Waals surface area (Å²) in [6.07, 6.45) is -4.54. The van der Waals surface area contributed by atoms with Crippen LogP contribution in [0.5, 0.6) is 0 Å². The molecule has 0 aromatic heterocycles. The molecule has 1 aliphatic heterocycles. The number of hydrogen-bond donors (Lipinski definition) is 1. The maximum absolute atomic E-state index is 12.1. The predicted octanol–water partition coefficient (Wildman–Crippen LogP) is 2.98. The zero-order chi connectivity index (χ0) is 13.7. The van der Waals surface area contributed by atoms with Crippen LogP contribution >= 0.6 is 0 Å². The molecule has 2 nitrogen and oxygen atoms in total. The minimum Gasteiger partial charge on any atom is -0.308 e. The third-order valence-electron chi connectivity index (χ3n) is 3.40. The van der Waals surface area contributed by atoms with E-state index in [1.807, 2.05) is 18.2 Å². The molecule has 0 spiro atoms. The van der Waals surface area contributed by atoms with Crippen LogP contribution in [0.2, 0.25) is 0 Å². The lowest BCUT2D eigenvalue weighted by Gasteiger charge is -2.34. The first-order valence-electron chi connectivity index (χ1n) is 6.62. The molecule has 1 aromatic carbocycles. The molecule has 1 N–H and O–H groups in total. The second-order valence-electron chi connectivity index (χ2n) is 4.94. The van der Waals surface area contributed by atoms with Crippen molar-refractivity contribution in [1.82, 2.24) is 10.2 Å². The van der Waals surface area contributed by atoms with E-state index in [0.717, 1.165) is 19.6 Å². The predicted molar refractivity (Wildman–Crippen MR) is 68.9 cm³/mol. The van der Waals surface area contributed by atoms with Crippen LogP contribution in [0, 0.1) is 0 Å². The van der Waals surface area contributed by atoms with Gasteiger partial charge in [0.15, 0.2) is 0 Å². The molecule has 1 atom stereocenters. The van der Waals surface area contributed by atoms with Gasteiger partial charge in [-0.3, -0.25) is 0 Å². The zero-order valence-corrected chi connectivity index (χ0v) is 10.8.